The Labute approximate surface area is 134 Å². The second-order valence-electron chi connectivity index (χ2n) is 6.08. The fourth-order valence-corrected chi connectivity index (χ4v) is 3.21. The SMILES string of the molecule is COC(=O)c1n[nH]c2ccc(NC(=O)CC3CCCCC3)cc12. The number of fused-ring (bicyclic) bond motifs is 1. The molecular formula is C17H21N3O3. The Morgan fingerprint density at radius 3 is 2.83 bits per heavy atom. The van der Waals surface area contributed by atoms with E-state index in [4.69, 9.17) is 4.74 Å². The molecule has 1 amide bonds. The molecule has 23 heavy (non-hydrogen) atoms. The number of amides is 1. The average Bonchev–Trinajstić information content (AvgIpc) is 2.98. The fourth-order valence-electron chi connectivity index (χ4n) is 3.21. The van der Waals surface area contributed by atoms with Gasteiger partial charge < -0.3 is 10.1 Å². The molecular weight excluding hydrogens is 294 g/mol. The molecule has 1 heterocycles. The number of methoxy groups -OCH3 is 1. The van der Waals surface area contributed by atoms with Crippen molar-refractivity contribution < 1.29 is 14.3 Å². The van der Waals surface area contributed by atoms with Crippen LogP contribution in [0, 0.1) is 5.92 Å². The van der Waals surface area contributed by atoms with Crippen LogP contribution in [0.15, 0.2) is 18.2 Å². The predicted molar refractivity (Wildman–Crippen MR) is 87.3 cm³/mol. The Kier molecular flexibility index (Phi) is 4.60. The van der Waals surface area contributed by atoms with E-state index in [1.54, 1.807) is 18.2 Å². The monoisotopic (exact) mass is 315 g/mol. The van der Waals surface area contributed by atoms with Gasteiger partial charge in [-0.15, -0.1) is 0 Å². The summed E-state index contributed by atoms with van der Waals surface area (Å²) >= 11 is 0. The first-order chi connectivity index (χ1) is 11.2. The quantitative estimate of drug-likeness (QED) is 0.848. The van der Waals surface area contributed by atoms with Gasteiger partial charge in [-0.3, -0.25) is 9.89 Å². The topological polar surface area (TPSA) is 84.1 Å². The lowest BCUT2D eigenvalue weighted by atomic mass is 9.87. The van der Waals surface area contributed by atoms with Crippen LogP contribution in [0.25, 0.3) is 10.9 Å². The van der Waals surface area contributed by atoms with Gasteiger partial charge in [0.1, 0.15) is 0 Å². The zero-order valence-corrected chi connectivity index (χ0v) is 13.2. The molecule has 0 unspecified atom stereocenters. The molecule has 0 atom stereocenters. The van der Waals surface area contributed by atoms with E-state index in [0.29, 0.717) is 23.4 Å². The van der Waals surface area contributed by atoms with Crippen molar-refractivity contribution in [1.82, 2.24) is 10.2 Å². The van der Waals surface area contributed by atoms with Gasteiger partial charge in [-0.25, -0.2) is 4.79 Å². The Balaban J connectivity index is 1.72. The summed E-state index contributed by atoms with van der Waals surface area (Å²) in [5.41, 5.74) is 1.63. The molecule has 6 nitrogen and oxygen atoms in total. The molecule has 1 fully saturated rings. The van der Waals surface area contributed by atoms with E-state index in [0.717, 1.165) is 18.4 Å². The van der Waals surface area contributed by atoms with E-state index < -0.39 is 5.97 Å². The van der Waals surface area contributed by atoms with E-state index in [9.17, 15) is 9.59 Å². The number of anilines is 1. The molecule has 0 saturated heterocycles. The molecule has 122 valence electrons. The maximum Gasteiger partial charge on any atom is 0.359 e. The molecule has 0 spiro atoms. The number of benzene rings is 1. The number of rotatable bonds is 4. The van der Waals surface area contributed by atoms with Crippen LogP contribution in [0.2, 0.25) is 0 Å². The summed E-state index contributed by atoms with van der Waals surface area (Å²) in [5.74, 6) is 0.0216. The molecule has 1 aliphatic rings. The summed E-state index contributed by atoms with van der Waals surface area (Å²) in [4.78, 5) is 23.9. The van der Waals surface area contributed by atoms with Gasteiger partial charge >= 0.3 is 5.97 Å². The molecule has 3 rings (SSSR count). The summed E-state index contributed by atoms with van der Waals surface area (Å²) in [6.45, 7) is 0. The number of aromatic amines is 1. The van der Waals surface area contributed by atoms with Crippen molar-refractivity contribution in [1.29, 1.82) is 0 Å². The second-order valence-corrected chi connectivity index (χ2v) is 6.08. The van der Waals surface area contributed by atoms with Crippen LogP contribution >= 0.6 is 0 Å². The van der Waals surface area contributed by atoms with Gasteiger partial charge in [-0.1, -0.05) is 19.3 Å². The number of ether oxygens (including phenoxy) is 1. The lowest BCUT2D eigenvalue weighted by molar-refractivity contribution is -0.117. The Morgan fingerprint density at radius 1 is 1.30 bits per heavy atom. The van der Waals surface area contributed by atoms with Gasteiger partial charge in [0.25, 0.3) is 0 Å². The van der Waals surface area contributed by atoms with E-state index in [1.165, 1.54) is 26.4 Å². The highest BCUT2D eigenvalue weighted by atomic mass is 16.5. The summed E-state index contributed by atoms with van der Waals surface area (Å²) in [6.07, 6.45) is 6.57. The first-order valence-corrected chi connectivity index (χ1v) is 8.03. The number of esters is 1. The highest BCUT2D eigenvalue weighted by Crippen LogP contribution is 2.27. The summed E-state index contributed by atoms with van der Waals surface area (Å²) in [6, 6.07) is 5.36. The lowest BCUT2D eigenvalue weighted by Crippen LogP contribution is -2.18. The Hall–Kier alpha value is -2.37. The van der Waals surface area contributed by atoms with Gasteiger partial charge in [-0.2, -0.15) is 5.10 Å². The van der Waals surface area contributed by atoms with E-state index in [1.807, 2.05) is 0 Å². The molecule has 1 saturated carbocycles. The Bertz CT molecular complexity index is 717. The molecule has 1 aromatic carbocycles. The van der Waals surface area contributed by atoms with E-state index in [-0.39, 0.29) is 11.6 Å². The average molecular weight is 315 g/mol. The molecule has 2 aromatic rings. The second kappa shape index (κ2) is 6.81. The minimum atomic E-state index is -0.498. The molecule has 0 bridgehead atoms. The molecule has 1 aliphatic carbocycles. The number of aromatic nitrogens is 2. The van der Waals surface area contributed by atoms with Crippen LogP contribution < -0.4 is 5.32 Å². The lowest BCUT2D eigenvalue weighted by Gasteiger charge is -2.20. The predicted octanol–water partition coefficient (Wildman–Crippen LogP) is 3.26. The Morgan fingerprint density at radius 2 is 2.09 bits per heavy atom. The fraction of sp³-hybridized carbons (Fsp3) is 0.471. The summed E-state index contributed by atoms with van der Waals surface area (Å²) < 4.78 is 4.72. The van der Waals surface area contributed by atoms with Gasteiger partial charge in [-0.05, 0) is 37.0 Å². The maximum absolute atomic E-state index is 12.2. The van der Waals surface area contributed by atoms with Crippen molar-refractivity contribution in [3.8, 4) is 0 Å². The number of hydrogen-bond acceptors (Lipinski definition) is 4. The van der Waals surface area contributed by atoms with Crippen LogP contribution in [-0.2, 0) is 9.53 Å². The van der Waals surface area contributed by atoms with E-state index >= 15 is 0 Å². The van der Waals surface area contributed by atoms with Crippen molar-refractivity contribution in [3.63, 3.8) is 0 Å². The van der Waals surface area contributed by atoms with Crippen LogP contribution in [0.5, 0.6) is 0 Å². The minimum Gasteiger partial charge on any atom is -0.464 e. The van der Waals surface area contributed by atoms with Gasteiger partial charge in [0, 0.05) is 17.5 Å². The normalized spacial score (nSPS) is 15.5. The third-order valence-corrected chi connectivity index (χ3v) is 4.42. The first-order valence-electron chi connectivity index (χ1n) is 8.03. The van der Waals surface area contributed by atoms with Crippen molar-refractivity contribution >= 4 is 28.5 Å². The van der Waals surface area contributed by atoms with Gasteiger partial charge in [0.2, 0.25) is 5.91 Å². The maximum atomic E-state index is 12.2. The van der Waals surface area contributed by atoms with Crippen LogP contribution in [0.4, 0.5) is 5.69 Å². The molecule has 0 radical (unpaired) electrons. The molecule has 6 heteroatoms. The summed E-state index contributed by atoms with van der Waals surface area (Å²) in [5, 5.41) is 10.3. The summed E-state index contributed by atoms with van der Waals surface area (Å²) in [7, 11) is 1.32. The zero-order valence-electron chi connectivity index (χ0n) is 13.2. The third-order valence-electron chi connectivity index (χ3n) is 4.42. The third kappa shape index (κ3) is 3.52. The zero-order chi connectivity index (χ0) is 16.2. The number of nitrogens with zero attached hydrogens (tertiary/aromatic N) is 1. The van der Waals surface area contributed by atoms with Crippen molar-refractivity contribution in [2.24, 2.45) is 5.92 Å². The van der Waals surface area contributed by atoms with Crippen LogP contribution in [-0.4, -0.2) is 29.2 Å². The standard InChI is InChI=1S/C17H21N3O3/c1-23-17(22)16-13-10-12(7-8-14(13)19-20-16)18-15(21)9-11-5-3-2-4-6-11/h7-8,10-11H,2-6,9H2,1H3,(H,18,21)(H,19,20). The molecule has 0 aliphatic heterocycles. The molecule has 1 aromatic heterocycles. The van der Waals surface area contributed by atoms with Crippen LogP contribution in [0.3, 0.4) is 0 Å². The first kappa shape index (κ1) is 15.5. The number of hydrogen-bond donors (Lipinski definition) is 2. The smallest absolute Gasteiger partial charge is 0.359 e. The highest BCUT2D eigenvalue weighted by molar-refractivity contribution is 6.03. The molecule has 2 N–H and O–H groups in total. The minimum absolute atomic E-state index is 0.0272. The number of carbonyl (C=O) groups excluding carboxylic acids is 2. The number of H-pyrrole nitrogens is 1. The van der Waals surface area contributed by atoms with Crippen molar-refractivity contribution in [2.45, 2.75) is 38.5 Å². The largest absolute Gasteiger partial charge is 0.464 e. The highest BCUT2D eigenvalue weighted by Gasteiger charge is 2.18. The van der Waals surface area contributed by atoms with Gasteiger partial charge in [0.05, 0.1) is 12.6 Å². The van der Waals surface area contributed by atoms with Crippen molar-refractivity contribution in [2.75, 3.05) is 12.4 Å². The van der Waals surface area contributed by atoms with E-state index in [2.05, 4.69) is 15.5 Å². The number of nitrogens with one attached hydrogen (secondary N) is 2. The van der Waals surface area contributed by atoms with Crippen LogP contribution in [0.1, 0.15) is 49.0 Å². The number of carbonyl (C=O) groups is 2. The van der Waals surface area contributed by atoms with Crippen molar-refractivity contribution in [3.05, 3.63) is 23.9 Å². The van der Waals surface area contributed by atoms with Gasteiger partial charge in [0.15, 0.2) is 5.69 Å².